The van der Waals surface area contributed by atoms with E-state index in [1.54, 1.807) is 18.2 Å². The van der Waals surface area contributed by atoms with E-state index in [1.807, 2.05) is 6.07 Å². The number of nitrogens with zero attached hydrogens (tertiary/aromatic N) is 1. The number of anilines is 1. The molecule has 0 radical (unpaired) electrons. The molecule has 0 bridgehead atoms. The van der Waals surface area contributed by atoms with Crippen molar-refractivity contribution >= 4 is 24.0 Å². The molecule has 1 unspecified atom stereocenters. The van der Waals surface area contributed by atoms with Crippen molar-refractivity contribution in [3.05, 3.63) is 65.7 Å². The van der Waals surface area contributed by atoms with E-state index in [0.29, 0.717) is 13.1 Å². The molecule has 1 aliphatic heterocycles. The molecule has 1 heterocycles. The van der Waals surface area contributed by atoms with Gasteiger partial charge in [0.1, 0.15) is 11.6 Å². The molecule has 1 aliphatic rings. The third kappa shape index (κ3) is 5.24. The second-order valence-corrected chi connectivity index (χ2v) is 6.09. The SMILES string of the molecule is Cl.O=C(CCN1CCNCC1c1cccc(F)c1)Nc1ccccc1F. The lowest BCUT2D eigenvalue weighted by atomic mass is 10.0. The van der Waals surface area contributed by atoms with Gasteiger partial charge in [0, 0.05) is 38.6 Å². The first-order valence-electron chi connectivity index (χ1n) is 8.38. The van der Waals surface area contributed by atoms with Crippen molar-refractivity contribution in [1.29, 1.82) is 0 Å². The molecule has 7 heteroatoms. The van der Waals surface area contributed by atoms with Gasteiger partial charge in [0.25, 0.3) is 0 Å². The van der Waals surface area contributed by atoms with Crippen LogP contribution in [0.4, 0.5) is 14.5 Å². The molecule has 3 rings (SSSR count). The van der Waals surface area contributed by atoms with Crippen LogP contribution < -0.4 is 10.6 Å². The van der Waals surface area contributed by atoms with Crippen LogP contribution in [0.5, 0.6) is 0 Å². The van der Waals surface area contributed by atoms with Crippen LogP contribution in [-0.2, 0) is 4.79 Å². The maximum atomic E-state index is 13.6. The summed E-state index contributed by atoms with van der Waals surface area (Å²) in [5.74, 6) is -0.947. The van der Waals surface area contributed by atoms with Crippen LogP contribution in [0.3, 0.4) is 0 Å². The predicted octanol–water partition coefficient (Wildman–Crippen LogP) is 3.36. The molecule has 0 spiro atoms. The van der Waals surface area contributed by atoms with E-state index in [9.17, 15) is 13.6 Å². The highest BCUT2D eigenvalue weighted by Crippen LogP contribution is 2.23. The van der Waals surface area contributed by atoms with E-state index >= 15 is 0 Å². The molecule has 26 heavy (non-hydrogen) atoms. The lowest BCUT2D eigenvalue weighted by Gasteiger charge is -2.36. The van der Waals surface area contributed by atoms with Gasteiger partial charge in [0.15, 0.2) is 0 Å². The Balaban J connectivity index is 0.00000243. The van der Waals surface area contributed by atoms with E-state index in [-0.39, 0.29) is 42.3 Å². The maximum Gasteiger partial charge on any atom is 0.225 e. The normalized spacial score (nSPS) is 17.4. The van der Waals surface area contributed by atoms with Crippen LogP contribution in [0.15, 0.2) is 48.5 Å². The molecule has 0 aliphatic carbocycles. The van der Waals surface area contributed by atoms with Crippen molar-refractivity contribution < 1.29 is 13.6 Å². The summed E-state index contributed by atoms with van der Waals surface area (Å²) in [6, 6.07) is 12.7. The van der Waals surface area contributed by atoms with E-state index in [4.69, 9.17) is 0 Å². The summed E-state index contributed by atoms with van der Waals surface area (Å²) < 4.78 is 27.1. The first kappa shape index (κ1) is 20.3. The minimum Gasteiger partial charge on any atom is -0.324 e. The number of carbonyl (C=O) groups excluding carboxylic acids is 1. The molecule has 1 atom stereocenters. The first-order valence-corrected chi connectivity index (χ1v) is 8.38. The summed E-state index contributed by atoms with van der Waals surface area (Å²) >= 11 is 0. The number of rotatable bonds is 5. The number of hydrogen-bond acceptors (Lipinski definition) is 3. The number of amides is 1. The van der Waals surface area contributed by atoms with E-state index < -0.39 is 5.82 Å². The third-order valence-electron chi connectivity index (χ3n) is 4.36. The molecule has 1 saturated heterocycles. The fourth-order valence-corrected chi connectivity index (χ4v) is 3.08. The summed E-state index contributed by atoms with van der Waals surface area (Å²) in [5, 5.41) is 5.90. The van der Waals surface area contributed by atoms with E-state index in [1.165, 1.54) is 24.3 Å². The van der Waals surface area contributed by atoms with Crippen LogP contribution in [-0.4, -0.2) is 37.0 Å². The minimum atomic E-state index is -0.448. The molecule has 0 saturated carbocycles. The molecule has 2 aromatic rings. The second-order valence-electron chi connectivity index (χ2n) is 6.09. The number of carbonyl (C=O) groups is 1. The molecule has 1 amide bonds. The zero-order valence-electron chi connectivity index (χ0n) is 14.3. The van der Waals surface area contributed by atoms with Crippen LogP contribution in [0.25, 0.3) is 0 Å². The molecule has 4 nitrogen and oxygen atoms in total. The summed E-state index contributed by atoms with van der Waals surface area (Å²) in [7, 11) is 0. The number of nitrogens with one attached hydrogen (secondary N) is 2. The molecule has 1 fully saturated rings. The van der Waals surface area contributed by atoms with Gasteiger partial charge in [-0.15, -0.1) is 12.4 Å². The third-order valence-corrected chi connectivity index (χ3v) is 4.36. The van der Waals surface area contributed by atoms with E-state index in [0.717, 1.165) is 18.7 Å². The van der Waals surface area contributed by atoms with Gasteiger partial charge in [-0.1, -0.05) is 24.3 Å². The Labute approximate surface area is 158 Å². The zero-order valence-corrected chi connectivity index (χ0v) is 15.1. The van der Waals surface area contributed by atoms with Crippen LogP contribution in [0.2, 0.25) is 0 Å². The summed E-state index contributed by atoms with van der Waals surface area (Å²) in [6.07, 6.45) is 0.250. The van der Waals surface area contributed by atoms with Crippen molar-refractivity contribution in [1.82, 2.24) is 10.2 Å². The van der Waals surface area contributed by atoms with Crippen LogP contribution >= 0.6 is 12.4 Å². The Morgan fingerprint density at radius 3 is 2.77 bits per heavy atom. The molecule has 2 N–H and O–H groups in total. The minimum absolute atomic E-state index is 0. The first-order chi connectivity index (χ1) is 12.1. The van der Waals surface area contributed by atoms with Crippen molar-refractivity contribution in [2.45, 2.75) is 12.5 Å². The number of hydrogen-bond donors (Lipinski definition) is 2. The number of benzene rings is 2. The molecular formula is C19H22ClF2N3O. The predicted molar refractivity (Wildman–Crippen MR) is 100 cm³/mol. The van der Waals surface area contributed by atoms with Crippen molar-refractivity contribution in [3.63, 3.8) is 0 Å². The highest BCUT2D eigenvalue weighted by atomic mass is 35.5. The quantitative estimate of drug-likeness (QED) is 0.834. The Morgan fingerprint density at radius 2 is 2.00 bits per heavy atom. The van der Waals surface area contributed by atoms with Gasteiger partial charge in [0.2, 0.25) is 5.91 Å². The fourth-order valence-electron chi connectivity index (χ4n) is 3.08. The van der Waals surface area contributed by atoms with Gasteiger partial charge in [-0.25, -0.2) is 8.78 Å². The Hall–Kier alpha value is -2.02. The van der Waals surface area contributed by atoms with Crippen LogP contribution in [0.1, 0.15) is 18.0 Å². The molecule has 2 aromatic carbocycles. The lowest BCUT2D eigenvalue weighted by molar-refractivity contribution is -0.116. The number of piperazine rings is 1. The zero-order chi connectivity index (χ0) is 17.6. The van der Waals surface area contributed by atoms with Gasteiger partial charge in [0.05, 0.1) is 5.69 Å². The van der Waals surface area contributed by atoms with Crippen molar-refractivity contribution in [2.75, 3.05) is 31.5 Å². The topological polar surface area (TPSA) is 44.4 Å². The van der Waals surface area contributed by atoms with E-state index in [2.05, 4.69) is 15.5 Å². The highest BCUT2D eigenvalue weighted by molar-refractivity contribution is 5.90. The van der Waals surface area contributed by atoms with Gasteiger partial charge < -0.3 is 10.6 Å². The molecular weight excluding hydrogens is 360 g/mol. The van der Waals surface area contributed by atoms with Gasteiger partial charge in [-0.05, 0) is 29.8 Å². The van der Waals surface area contributed by atoms with Crippen molar-refractivity contribution in [3.8, 4) is 0 Å². The summed E-state index contributed by atoms with van der Waals surface area (Å²) in [5.41, 5.74) is 1.08. The monoisotopic (exact) mass is 381 g/mol. The Bertz CT molecular complexity index is 744. The summed E-state index contributed by atoms with van der Waals surface area (Å²) in [6.45, 7) is 2.83. The smallest absolute Gasteiger partial charge is 0.225 e. The fraction of sp³-hybridized carbons (Fsp3) is 0.316. The molecule has 0 aromatic heterocycles. The Kier molecular flexibility index (Phi) is 7.50. The highest BCUT2D eigenvalue weighted by Gasteiger charge is 2.24. The second kappa shape index (κ2) is 9.62. The summed E-state index contributed by atoms with van der Waals surface area (Å²) in [4.78, 5) is 14.3. The Morgan fingerprint density at radius 1 is 1.19 bits per heavy atom. The molecule has 140 valence electrons. The maximum absolute atomic E-state index is 13.6. The van der Waals surface area contributed by atoms with Gasteiger partial charge >= 0.3 is 0 Å². The average Bonchev–Trinajstić information content (AvgIpc) is 2.62. The number of para-hydroxylation sites is 1. The average molecular weight is 382 g/mol. The largest absolute Gasteiger partial charge is 0.324 e. The van der Waals surface area contributed by atoms with Crippen LogP contribution in [0, 0.1) is 11.6 Å². The lowest BCUT2D eigenvalue weighted by Crippen LogP contribution is -2.46. The van der Waals surface area contributed by atoms with Crippen molar-refractivity contribution in [2.24, 2.45) is 0 Å². The van der Waals surface area contributed by atoms with Gasteiger partial charge in [-0.3, -0.25) is 9.69 Å². The number of halogens is 3. The van der Waals surface area contributed by atoms with Gasteiger partial charge in [-0.2, -0.15) is 0 Å². The standard InChI is InChI=1S/C19H21F2N3O.ClH/c20-15-5-3-4-14(12-15)18-13-22-9-11-24(18)10-8-19(25)23-17-7-2-1-6-16(17)21;/h1-7,12,18,22H,8-11,13H2,(H,23,25);1H.